The first-order chi connectivity index (χ1) is 9.05. The van der Waals surface area contributed by atoms with Crippen molar-refractivity contribution in [1.82, 2.24) is 0 Å². The van der Waals surface area contributed by atoms with Crippen LogP contribution in [0.3, 0.4) is 0 Å². The first-order valence-corrected chi connectivity index (χ1v) is 7.29. The predicted octanol–water partition coefficient (Wildman–Crippen LogP) is 1.04. The quantitative estimate of drug-likeness (QED) is 0.804. The second-order valence-corrected chi connectivity index (χ2v) is 5.59. The third-order valence-electron chi connectivity index (χ3n) is 2.39. The van der Waals surface area contributed by atoms with Crippen molar-refractivity contribution in [3.8, 4) is 17.9 Å². The number of nitrogens with zero attached hydrogens (tertiary/aromatic N) is 1. The van der Waals surface area contributed by atoms with Crippen LogP contribution in [-0.4, -0.2) is 20.2 Å². The lowest BCUT2D eigenvalue weighted by atomic mass is 10.2. The summed E-state index contributed by atoms with van der Waals surface area (Å²) < 4.78 is 26.4. The second-order valence-electron chi connectivity index (χ2n) is 3.72. The molecule has 0 spiro atoms. The summed E-state index contributed by atoms with van der Waals surface area (Å²) in [5, 5.41) is 7.76. The number of benzene rings is 1. The maximum Gasteiger partial charge on any atom is 0.249 e. The third-order valence-corrected chi connectivity index (χ3v) is 4.09. The minimum Gasteiger partial charge on any atom is -0.320 e. The van der Waals surface area contributed by atoms with Crippen molar-refractivity contribution < 1.29 is 8.42 Å². The number of para-hydroxylation sites is 1. The largest absolute Gasteiger partial charge is 0.320 e. The highest BCUT2D eigenvalue weighted by molar-refractivity contribution is 7.93. The lowest BCUT2D eigenvalue weighted by Crippen LogP contribution is -2.26. The molecule has 0 fully saturated rings. The zero-order chi connectivity index (χ0) is 14.3. The van der Waals surface area contributed by atoms with Crippen molar-refractivity contribution in [2.75, 3.05) is 11.3 Å². The molecule has 0 amide bonds. The van der Waals surface area contributed by atoms with Crippen LogP contribution in [0.25, 0.3) is 0 Å². The van der Waals surface area contributed by atoms with Crippen molar-refractivity contribution in [2.45, 2.75) is 18.6 Å². The van der Waals surface area contributed by atoms with E-state index in [4.69, 9.17) is 11.0 Å². The van der Waals surface area contributed by atoms with Crippen molar-refractivity contribution in [3.05, 3.63) is 29.8 Å². The van der Waals surface area contributed by atoms with Crippen LogP contribution < -0.4 is 10.5 Å². The molecule has 1 rings (SSSR count). The number of rotatable bonds is 4. The number of nitriles is 1. The molecule has 100 valence electrons. The highest BCUT2D eigenvalue weighted by Crippen LogP contribution is 2.17. The van der Waals surface area contributed by atoms with Crippen LogP contribution in [0.4, 0.5) is 5.69 Å². The molecule has 0 bridgehead atoms. The van der Waals surface area contributed by atoms with E-state index in [9.17, 15) is 8.42 Å². The Morgan fingerprint density at radius 3 is 2.68 bits per heavy atom. The molecule has 6 heteroatoms. The summed E-state index contributed by atoms with van der Waals surface area (Å²) in [4.78, 5) is 0. The standard InChI is InChI=1S/C13H15N3O2S/c1-2-12(10-15)19(17,18)16-13-8-4-3-6-11(13)7-5-9-14/h3-4,6,8,12,16H,2,9,14H2,1H3. The number of nitrogens with one attached hydrogen (secondary N) is 1. The normalized spacial score (nSPS) is 11.8. The Bertz CT molecular complexity index is 636. The summed E-state index contributed by atoms with van der Waals surface area (Å²) in [6.07, 6.45) is 0.225. The van der Waals surface area contributed by atoms with Crippen LogP contribution in [0.5, 0.6) is 0 Å². The Morgan fingerprint density at radius 2 is 2.11 bits per heavy atom. The molecular formula is C13H15N3O2S. The molecule has 0 aliphatic rings. The van der Waals surface area contributed by atoms with Gasteiger partial charge in [-0.3, -0.25) is 4.72 Å². The molecular weight excluding hydrogens is 262 g/mol. The van der Waals surface area contributed by atoms with Gasteiger partial charge in [0.05, 0.1) is 18.3 Å². The van der Waals surface area contributed by atoms with Crippen molar-refractivity contribution in [1.29, 1.82) is 5.26 Å². The number of sulfonamides is 1. The molecule has 0 saturated carbocycles. The highest BCUT2D eigenvalue weighted by atomic mass is 32.2. The molecule has 0 aliphatic heterocycles. The summed E-state index contributed by atoms with van der Waals surface area (Å²) >= 11 is 0. The first kappa shape index (κ1) is 15.0. The minimum atomic E-state index is -3.73. The molecule has 0 aliphatic carbocycles. The van der Waals surface area contributed by atoms with Crippen molar-refractivity contribution in [2.24, 2.45) is 5.73 Å². The maximum atomic E-state index is 12.0. The molecule has 19 heavy (non-hydrogen) atoms. The summed E-state index contributed by atoms with van der Waals surface area (Å²) in [7, 11) is -3.73. The number of anilines is 1. The number of hydrogen-bond acceptors (Lipinski definition) is 4. The van der Waals surface area contributed by atoms with Gasteiger partial charge in [0.1, 0.15) is 0 Å². The van der Waals surface area contributed by atoms with E-state index in [-0.39, 0.29) is 13.0 Å². The Hall–Kier alpha value is -2.02. The predicted molar refractivity (Wildman–Crippen MR) is 74.6 cm³/mol. The lowest BCUT2D eigenvalue weighted by Gasteiger charge is -2.12. The molecule has 1 atom stereocenters. The van der Waals surface area contributed by atoms with Gasteiger partial charge >= 0.3 is 0 Å². The highest BCUT2D eigenvalue weighted by Gasteiger charge is 2.23. The Kier molecular flexibility index (Phi) is 5.37. The lowest BCUT2D eigenvalue weighted by molar-refractivity contribution is 0.593. The van der Waals surface area contributed by atoms with E-state index in [1.54, 1.807) is 37.3 Å². The van der Waals surface area contributed by atoms with Crippen LogP contribution in [0, 0.1) is 23.2 Å². The molecule has 1 aromatic carbocycles. The Balaban J connectivity index is 3.10. The average molecular weight is 277 g/mol. The molecule has 5 nitrogen and oxygen atoms in total. The SMILES string of the molecule is CCC(C#N)S(=O)(=O)Nc1ccccc1C#CCN. The van der Waals surface area contributed by atoms with Crippen molar-refractivity contribution in [3.63, 3.8) is 0 Å². The molecule has 0 aromatic heterocycles. The van der Waals surface area contributed by atoms with Gasteiger partial charge in [-0.05, 0) is 18.6 Å². The van der Waals surface area contributed by atoms with Crippen LogP contribution in [0.15, 0.2) is 24.3 Å². The molecule has 0 saturated heterocycles. The van der Waals surface area contributed by atoms with Crippen LogP contribution >= 0.6 is 0 Å². The zero-order valence-corrected chi connectivity index (χ0v) is 11.4. The van der Waals surface area contributed by atoms with Gasteiger partial charge in [-0.1, -0.05) is 30.9 Å². The number of nitrogens with two attached hydrogens (primary N) is 1. The summed E-state index contributed by atoms with van der Waals surface area (Å²) in [5.41, 5.74) is 6.18. The topological polar surface area (TPSA) is 96.0 Å². The van der Waals surface area contributed by atoms with E-state index in [1.807, 2.05) is 0 Å². The van der Waals surface area contributed by atoms with Gasteiger partial charge in [-0.25, -0.2) is 8.42 Å². The zero-order valence-electron chi connectivity index (χ0n) is 10.6. The van der Waals surface area contributed by atoms with E-state index in [2.05, 4.69) is 16.6 Å². The van der Waals surface area contributed by atoms with Crippen molar-refractivity contribution >= 4 is 15.7 Å². The summed E-state index contributed by atoms with van der Waals surface area (Å²) in [6.45, 7) is 1.84. The van der Waals surface area contributed by atoms with Gasteiger partial charge in [-0.15, -0.1) is 0 Å². The minimum absolute atomic E-state index is 0.191. The fourth-order valence-corrected chi connectivity index (χ4v) is 2.64. The maximum absolute atomic E-state index is 12.0. The average Bonchev–Trinajstić information content (AvgIpc) is 2.38. The monoisotopic (exact) mass is 277 g/mol. The fraction of sp³-hybridized carbons (Fsp3) is 0.308. The van der Waals surface area contributed by atoms with Crippen LogP contribution in [-0.2, 0) is 10.0 Å². The molecule has 0 radical (unpaired) electrons. The number of hydrogen-bond donors (Lipinski definition) is 2. The van der Waals surface area contributed by atoms with Gasteiger partial charge < -0.3 is 5.73 Å². The van der Waals surface area contributed by atoms with E-state index < -0.39 is 15.3 Å². The van der Waals surface area contributed by atoms with Gasteiger partial charge in [-0.2, -0.15) is 5.26 Å². The second kappa shape index (κ2) is 6.79. The van der Waals surface area contributed by atoms with Crippen LogP contribution in [0.2, 0.25) is 0 Å². The van der Waals surface area contributed by atoms with Gasteiger partial charge in [0.25, 0.3) is 0 Å². The van der Waals surface area contributed by atoms with E-state index in [1.165, 1.54) is 0 Å². The molecule has 1 unspecified atom stereocenters. The van der Waals surface area contributed by atoms with E-state index >= 15 is 0 Å². The summed E-state index contributed by atoms with van der Waals surface area (Å²) in [5.74, 6) is 5.45. The molecule has 3 N–H and O–H groups in total. The summed E-state index contributed by atoms with van der Waals surface area (Å²) in [6, 6.07) is 8.50. The van der Waals surface area contributed by atoms with Crippen LogP contribution in [0.1, 0.15) is 18.9 Å². The molecule has 1 aromatic rings. The fourth-order valence-electron chi connectivity index (χ4n) is 1.43. The van der Waals surface area contributed by atoms with Gasteiger partial charge in [0, 0.05) is 5.56 Å². The van der Waals surface area contributed by atoms with Gasteiger partial charge in [0.15, 0.2) is 5.25 Å². The van der Waals surface area contributed by atoms with E-state index in [0.717, 1.165) is 0 Å². The smallest absolute Gasteiger partial charge is 0.249 e. The first-order valence-electron chi connectivity index (χ1n) is 5.74. The molecule has 0 heterocycles. The third kappa shape index (κ3) is 3.99. The Morgan fingerprint density at radius 1 is 1.42 bits per heavy atom. The Labute approximate surface area is 113 Å². The van der Waals surface area contributed by atoms with E-state index in [0.29, 0.717) is 11.3 Å². The van der Waals surface area contributed by atoms with Gasteiger partial charge in [0.2, 0.25) is 10.0 Å².